The quantitative estimate of drug-likeness (QED) is 0.774. The normalized spacial score (nSPS) is 13.0. The van der Waals surface area contributed by atoms with Gasteiger partial charge in [-0.15, -0.1) is 11.3 Å². The fraction of sp³-hybridized carbons (Fsp3) is 0.692. The van der Waals surface area contributed by atoms with E-state index in [9.17, 15) is 4.79 Å². The number of thiazole rings is 1. The molecule has 1 heterocycles. The fourth-order valence-electron chi connectivity index (χ4n) is 1.60. The number of ether oxygens (including phenoxy) is 1. The predicted molar refractivity (Wildman–Crippen MR) is 73.4 cm³/mol. The van der Waals surface area contributed by atoms with Crippen LogP contribution in [0, 0.1) is 5.92 Å². The van der Waals surface area contributed by atoms with Crippen molar-refractivity contribution in [3.63, 3.8) is 0 Å². The van der Waals surface area contributed by atoms with Gasteiger partial charge in [0.15, 0.2) is 0 Å². The van der Waals surface area contributed by atoms with Gasteiger partial charge < -0.3 is 4.74 Å². The molecule has 1 atom stereocenters. The van der Waals surface area contributed by atoms with Gasteiger partial charge in [0.05, 0.1) is 17.3 Å². The Morgan fingerprint density at radius 1 is 1.44 bits per heavy atom. The molecule has 1 aromatic rings. The van der Waals surface area contributed by atoms with Crippen LogP contribution in [0.4, 0.5) is 0 Å². The molecule has 4 nitrogen and oxygen atoms in total. The van der Waals surface area contributed by atoms with Crippen molar-refractivity contribution >= 4 is 17.3 Å². The highest BCUT2D eigenvalue weighted by molar-refractivity contribution is 7.07. The van der Waals surface area contributed by atoms with Crippen molar-refractivity contribution in [2.24, 2.45) is 5.92 Å². The van der Waals surface area contributed by atoms with Gasteiger partial charge in [-0.25, -0.2) is 4.98 Å². The molecule has 18 heavy (non-hydrogen) atoms. The minimum absolute atomic E-state index is 0.0757. The van der Waals surface area contributed by atoms with E-state index in [1.807, 2.05) is 19.2 Å². The molecule has 0 saturated heterocycles. The number of aromatic nitrogens is 1. The Morgan fingerprint density at radius 2 is 2.17 bits per heavy atom. The SMILES string of the molecule is CC(C)C[C@H](NCc1cscn1)C(=O)OC(C)C. The summed E-state index contributed by atoms with van der Waals surface area (Å²) in [4.78, 5) is 16.1. The van der Waals surface area contributed by atoms with Gasteiger partial charge in [0.25, 0.3) is 0 Å². The second kappa shape index (κ2) is 7.48. The summed E-state index contributed by atoms with van der Waals surface area (Å²) in [5, 5.41) is 5.21. The van der Waals surface area contributed by atoms with Crippen LogP contribution in [0.1, 0.15) is 39.8 Å². The molecule has 0 aliphatic rings. The van der Waals surface area contributed by atoms with Crippen molar-refractivity contribution in [2.75, 3.05) is 0 Å². The zero-order valence-electron chi connectivity index (χ0n) is 11.5. The van der Waals surface area contributed by atoms with Gasteiger partial charge in [-0.2, -0.15) is 0 Å². The van der Waals surface area contributed by atoms with E-state index >= 15 is 0 Å². The van der Waals surface area contributed by atoms with Gasteiger partial charge in [-0.05, 0) is 26.2 Å². The average Bonchev–Trinajstić information content (AvgIpc) is 2.75. The second-order valence-corrected chi connectivity index (χ2v) is 5.75. The summed E-state index contributed by atoms with van der Waals surface area (Å²) in [6, 6.07) is -0.255. The van der Waals surface area contributed by atoms with E-state index in [0.29, 0.717) is 12.5 Å². The van der Waals surface area contributed by atoms with E-state index in [1.165, 1.54) is 0 Å². The Kier molecular flexibility index (Phi) is 6.29. The monoisotopic (exact) mass is 270 g/mol. The molecule has 0 spiro atoms. The van der Waals surface area contributed by atoms with Crippen molar-refractivity contribution in [1.29, 1.82) is 0 Å². The molecule has 0 aromatic carbocycles. The maximum absolute atomic E-state index is 11.9. The molecule has 0 radical (unpaired) electrons. The number of nitrogens with zero attached hydrogens (tertiary/aromatic N) is 1. The predicted octanol–water partition coefficient (Wildman–Crippen LogP) is 2.60. The molecule has 0 unspecified atom stereocenters. The van der Waals surface area contributed by atoms with Crippen LogP contribution >= 0.6 is 11.3 Å². The van der Waals surface area contributed by atoms with E-state index in [2.05, 4.69) is 24.1 Å². The van der Waals surface area contributed by atoms with Crippen molar-refractivity contribution < 1.29 is 9.53 Å². The number of carbonyl (C=O) groups excluding carboxylic acids is 1. The molecule has 0 aliphatic heterocycles. The lowest BCUT2D eigenvalue weighted by molar-refractivity contribution is -0.150. The molecule has 0 aliphatic carbocycles. The molecule has 1 rings (SSSR count). The molecule has 0 bridgehead atoms. The summed E-state index contributed by atoms with van der Waals surface area (Å²) in [6.07, 6.45) is 0.698. The number of carbonyl (C=O) groups is 1. The highest BCUT2D eigenvalue weighted by Gasteiger charge is 2.21. The van der Waals surface area contributed by atoms with Crippen LogP contribution < -0.4 is 5.32 Å². The van der Waals surface area contributed by atoms with Gasteiger partial charge in [0.1, 0.15) is 6.04 Å². The lowest BCUT2D eigenvalue weighted by Crippen LogP contribution is -2.39. The van der Waals surface area contributed by atoms with Crippen LogP contribution in [0.2, 0.25) is 0 Å². The Hall–Kier alpha value is -0.940. The van der Waals surface area contributed by atoms with Gasteiger partial charge in [-0.3, -0.25) is 10.1 Å². The number of esters is 1. The van der Waals surface area contributed by atoms with Crippen LogP contribution in [-0.2, 0) is 16.1 Å². The van der Waals surface area contributed by atoms with Crippen LogP contribution in [0.15, 0.2) is 10.9 Å². The minimum Gasteiger partial charge on any atom is -0.462 e. The lowest BCUT2D eigenvalue weighted by Gasteiger charge is -2.20. The minimum atomic E-state index is -0.255. The van der Waals surface area contributed by atoms with E-state index in [4.69, 9.17) is 4.74 Å². The highest BCUT2D eigenvalue weighted by Crippen LogP contribution is 2.09. The van der Waals surface area contributed by atoms with Crippen LogP contribution in [0.25, 0.3) is 0 Å². The van der Waals surface area contributed by atoms with Gasteiger partial charge in [-0.1, -0.05) is 13.8 Å². The number of hydrogen-bond donors (Lipinski definition) is 1. The summed E-state index contributed by atoms with van der Waals surface area (Å²) >= 11 is 1.56. The van der Waals surface area contributed by atoms with E-state index in [0.717, 1.165) is 12.1 Å². The smallest absolute Gasteiger partial charge is 0.323 e. The Balaban J connectivity index is 2.51. The Morgan fingerprint density at radius 3 is 2.67 bits per heavy atom. The first-order valence-electron chi connectivity index (χ1n) is 6.30. The molecule has 5 heteroatoms. The Labute approximate surface area is 113 Å². The molecule has 102 valence electrons. The first-order chi connectivity index (χ1) is 8.49. The third-order valence-electron chi connectivity index (χ3n) is 2.36. The molecule has 1 aromatic heterocycles. The first-order valence-corrected chi connectivity index (χ1v) is 7.24. The van der Waals surface area contributed by atoms with E-state index in [-0.39, 0.29) is 18.1 Å². The van der Waals surface area contributed by atoms with Crippen molar-refractivity contribution in [3.05, 3.63) is 16.6 Å². The second-order valence-electron chi connectivity index (χ2n) is 5.03. The number of hydrogen-bond acceptors (Lipinski definition) is 5. The zero-order chi connectivity index (χ0) is 13.5. The molecular formula is C13H22N2O2S. The number of nitrogens with one attached hydrogen (secondary N) is 1. The summed E-state index contributed by atoms with van der Waals surface area (Å²) < 4.78 is 5.26. The fourth-order valence-corrected chi connectivity index (χ4v) is 2.16. The van der Waals surface area contributed by atoms with Crippen LogP contribution in [-0.4, -0.2) is 23.1 Å². The van der Waals surface area contributed by atoms with Crippen molar-refractivity contribution in [2.45, 2.75) is 52.8 Å². The Bertz CT molecular complexity index is 350. The zero-order valence-corrected chi connectivity index (χ0v) is 12.3. The van der Waals surface area contributed by atoms with Gasteiger partial charge >= 0.3 is 5.97 Å². The maximum Gasteiger partial charge on any atom is 0.323 e. The largest absolute Gasteiger partial charge is 0.462 e. The molecular weight excluding hydrogens is 248 g/mol. The van der Waals surface area contributed by atoms with E-state index in [1.54, 1.807) is 16.8 Å². The summed E-state index contributed by atoms with van der Waals surface area (Å²) in [7, 11) is 0. The van der Waals surface area contributed by atoms with Gasteiger partial charge in [0.2, 0.25) is 0 Å². The topological polar surface area (TPSA) is 51.2 Å². The van der Waals surface area contributed by atoms with Gasteiger partial charge in [0, 0.05) is 11.9 Å². The lowest BCUT2D eigenvalue weighted by atomic mass is 10.0. The summed E-state index contributed by atoms with van der Waals surface area (Å²) in [5.41, 5.74) is 2.76. The molecule has 0 fully saturated rings. The van der Waals surface area contributed by atoms with Crippen LogP contribution in [0.5, 0.6) is 0 Å². The first kappa shape index (κ1) is 15.1. The summed E-state index contributed by atoms with van der Waals surface area (Å²) in [5.74, 6) is 0.270. The highest BCUT2D eigenvalue weighted by atomic mass is 32.1. The standard InChI is InChI=1S/C13H22N2O2S/c1-9(2)5-12(13(16)17-10(3)4)14-6-11-7-18-8-15-11/h7-10,12,14H,5-6H2,1-4H3/t12-/m0/s1. The maximum atomic E-state index is 11.9. The van der Waals surface area contributed by atoms with Crippen LogP contribution in [0.3, 0.4) is 0 Å². The molecule has 0 saturated carbocycles. The summed E-state index contributed by atoms with van der Waals surface area (Å²) in [6.45, 7) is 8.53. The van der Waals surface area contributed by atoms with Crippen molar-refractivity contribution in [3.8, 4) is 0 Å². The third-order valence-corrected chi connectivity index (χ3v) is 2.99. The van der Waals surface area contributed by atoms with E-state index < -0.39 is 0 Å². The molecule has 0 amide bonds. The molecule has 1 N–H and O–H groups in total. The average molecular weight is 270 g/mol. The number of rotatable bonds is 7. The van der Waals surface area contributed by atoms with Crippen molar-refractivity contribution in [1.82, 2.24) is 10.3 Å². The third kappa shape index (κ3) is 5.60.